The molecule has 0 fully saturated rings. The van der Waals surface area contributed by atoms with Crippen LogP contribution in [-0.4, -0.2) is 10.9 Å². The highest BCUT2D eigenvalue weighted by molar-refractivity contribution is 7.21. The number of aryl methyl sites for hydroxylation is 2. The second-order valence-electron chi connectivity index (χ2n) is 6.55. The summed E-state index contributed by atoms with van der Waals surface area (Å²) in [7, 11) is 0. The van der Waals surface area contributed by atoms with E-state index in [1.54, 1.807) is 30.5 Å². The number of carbonyl (C=O) groups is 1. The van der Waals surface area contributed by atoms with Crippen molar-refractivity contribution < 1.29 is 9.53 Å². The van der Waals surface area contributed by atoms with Crippen LogP contribution in [0.3, 0.4) is 0 Å². The second kappa shape index (κ2) is 7.74. The van der Waals surface area contributed by atoms with Crippen molar-refractivity contribution in [3.8, 4) is 17.7 Å². The number of thiophene rings is 1. The van der Waals surface area contributed by atoms with Crippen molar-refractivity contribution in [2.45, 2.75) is 13.8 Å². The molecular formula is C23H17N3O2S. The lowest BCUT2D eigenvalue weighted by molar-refractivity contribution is 0.103. The zero-order valence-corrected chi connectivity index (χ0v) is 16.7. The maximum absolute atomic E-state index is 12.8. The summed E-state index contributed by atoms with van der Waals surface area (Å²) in [4.78, 5) is 17.6. The van der Waals surface area contributed by atoms with Gasteiger partial charge in [-0.05, 0) is 66.8 Å². The molecule has 4 rings (SSSR count). The zero-order chi connectivity index (χ0) is 20.4. The molecule has 0 saturated heterocycles. The molecule has 0 aliphatic carbocycles. The van der Waals surface area contributed by atoms with Gasteiger partial charge in [-0.1, -0.05) is 18.2 Å². The summed E-state index contributed by atoms with van der Waals surface area (Å²) >= 11 is 1.49. The number of fused-ring (bicyclic) bond motifs is 1. The third-order valence-electron chi connectivity index (χ3n) is 4.60. The summed E-state index contributed by atoms with van der Waals surface area (Å²) in [5, 5.41) is 13.3. The summed E-state index contributed by atoms with van der Waals surface area (Å²) in [6.45, 7) is 3.86. The molecule has 6 heteroatoms. The Labute approximate surface area is 172 Å². The van der Waals surface area contributed by atoms with Crippen LogP contribution < -0.4 is 10.1 Å². The lowest BCUT2D eigenvalue weighted by atomic mass is 10.1. The van der Waals surface area contributed by atoms with E-state index in [0.29, 0.717) is 21.9 Å². The standard InChI is InChI=1S/C23H17N3O2S/c1-14-12-17(28-23-16(13-24)6-5-11-25-23)9-10-19(14)26-22(27)21-15(2)18-7-3-4-8-20(18)29-21/h3-12H,1-2H3,(H,26,27). The van der Waals surface area contributed by atoms with Crippen molar-refractivity contribution in [3.05, 3.63) is 82.4 Å². The summed E-state index contributed by atoms with van der Waals surface area (Å²) in [6.07, 6.45) is 1.57. The van der Waals surface area contributed by atoms with Crippen molar-refractivity contribution in [3.63, 3.8) is 0 Å². The topological polar surface area (TPSA) is 75.0 Å². The van der Waals surface area contributed by atoms with E-state index in [0.717, 1.165) is 21.2 Å². The minimum atomic E-state index is -0.128. The van der Waals surface area contributed by atoms with Crippen LogP contribution in [0.4, 0.5) is 5.69 Å². The molecule has 0 bridgehead atoms. The minimum absolute atomic E-state index is 0.128. The molecule has 5 nitrogen and oxygen atoms in total. The van der Waals surface area contributed by atoms with Crippen LogP contribution in [0.25, 0.3) is 10.1 Å². The third-order valence-corrected chi connectivity index (χ3v) is 5.87. The van der Waals surface area contributed by atoms with Crippen molar-refractivity contribution in [2.24, 2.45) is 0 Å². The van der Waals surface area contributed by atoms with E-state index in [-0.39, 0.29) is 11.8 Å². The van der Waals surface area contributed by atoms with E-state index in [4.69, 9.17) is 10.00 Å². The number of rotatable bonds is 4. The molecule has 0 aliphatic rings. The lowest BCUT2D eigenvalue weighted by Crippen LogP contribution is -2.12. The first-order valence-corrected chi connectivity index (χ1v) is 9.81. The average molecular weight is 399 g/mol. The van der Waals surface area contributed by atoms with Gasteiger partial charge in [-0.3, -0.25) is 4.79 Å². The van der Waals surface area contributed by atoms with Crippen LogP contribution in [0.5, 0.6) is 11.6 Å². The van der Waals surface area contributed by atoms with Gasteiger partial charge in [0.15, 0.2) is 0 Å². The predicted octanol–water partition coefficient (Wildman–Crippen LogP) is 5.83. The molecule has 0 atom stereocenters. The first kappa shape index (κ1) is 18.7. The number of aromatic nitrogens is 1. The van der Waals surface area contributed by atoms with Crippen molar-refractivity contribution in [1.82, 2.24) is 4.98 Å². The molecule has 142 valence electrons. The van der Waals surface area contributed by atoms with Crippen molar-refractivity contribution >= 4 is 33.0 Å². The molecule has 0 radical (unpaired) electrons. The predicted molar refractivity (Wildman–Crippen MR) is 115 cm³/mol. The van der Waals surface area contributed by atoms with Crippen LogP contribution in [0.15, 0.2) is 60.8 Å². The number of hydrogen-bond donors (Lipinski definition) is 1. The highest BCUT2D eigenvalue weighted by Gasteiger charge is 2.16. The summed E-state index contributed by atoms with van der Waals surface area (Å²) in [5.74, 6) is 0.679. The Kier molecular flexibility index (Phi) is 4.98. The van der Waals surface area contributed by atoms with Gasteiger partial charge in [-0.2, -0.15) is 5.26 Å². The Bertz CT molecular complexity index is 1270. The number of benzene rings is 2. The largest absolute Gasteiger partial charge is 0.438 e. The van der Waals surface area contributed by atoms with E-state index < -0.39 is 0 Å². The fourth-order valence-corrected chi connectivity index (χ4v) is 4.18. The number of anilines is 1. The first-order chi connectivity index (χ1) is 14.1. The molecule has 2 heterocycles. The van der Waals surface area contributed by atoms with Crippen LogP contribution >= 0.6 is 11.3 Å². The van der Waals surface area contributed by atoms with Crippen LogP contribution in [-0.2, 0) is 0 Å². The number of ether oxygens (including phenoxy) is 1. The van der Waals surface area contributed by atoms with Gasteiger partial charge < -0.3 is 10.1 Å². The van der Waals surface area contributed by atoms with Gasteiger partial charge in [0.25, 0.3) is 5.91 Å². The van der Waals surface area contributed by atoms with Gasteiger partial charge in [0.05, 0.1) is 4.88 Å². The van der Waals surface area contributed by atoms with Crippen LogP contribution in [0.1, 0.15) is 26.4 Å². The number of nitriles is 1. The lowest BCUT2D eigenvalue weighted by Gasteiger charge is -2.11. The molecule has 2 aromatic carbocycles. The summed E-state index contributed by atoms with van der Waals surface area (Å²) < 4.78 is 6.84. The van der Waals surface area contributed by atoms with E-state index >= 15 is 0 Å². The number of hydrogen-bond acceptors (Lipinski definition) is 5. The maximum atomic E-state index is 12.8. The van der Waals surface area contributed by atoms with Gasteiger partial charge >= 0.3 is 0 Å². The van der Waals surface area contributed by atoms with Crippen LogP contribution in [0, 0.1) is 25.2 Å². The molecule has 0 unspecified atom stereocenters. The fourth-order valence-electron chi connectivity index (χ4n) is 3.08. The Morgan fingerprint density at radius 3 is 2.72 bits per heavy atom. The van der Waals surface area contributed by atoms with E-state index in [9.17, 15) is 4.79 Å². The minimum Gasteiger partial charge on any atom is -0.438 e. The first-order valence-electron chi connectivity index (χ1n) is 9.00. The van der Waals surface area contributed by atoms with Gasteiger partial charge in [0.1, 0.15) is 17.4 Å². The molecule has 0 saturated carbocycles. The average Bonchev–Trinajstić information content (AvgIpc) is 3.07. The highest BCUT2D eigenvalue weighted by Crippen LogP contribution is 2.32. The Balaban J connectivity index is 1.56. The number of amides is 1. The monoisotopic (exact) mass is 399 g/mol. The number of carbonyl (C=O) groups excluding carboxylic acids is 1. The smallest absolute Gasteiger partial charge is 0.266 e. The Morgan fingerprint density at radius 2 is 1.97 bits per heavy atom. The molecule has 2 aromatic heterocycles. The van der Waals surface area contributed by atoms with E-state index in [1.165, 1.54) is 11.3 Å². The number of nitrogens with one attached hydrogen (secondary N) is 1. The molecule has 1 N–H and O–H groups in total. The highest BCUT2D eigenvalue weighted by atomic mass is 32.1. The number of pyridine rings is 1. The maximum Gasteiger partial charge on any atom is 0.266 e. The summed E-state index contributed by atoms with van der Waals surface area (Å²) in [6, 6.07) is 18.7. The van der Waals surface area contributed by atoms with E-state index in [1.807, 2.05) is 44.2 Å². The van der Waals surface area contributed by atoms with E-state index in [2.05, 4.69) is 16.4 Å². The van der Waals surface area contributed by atoms with Gasteiger partial charge in [0, 0.05) is 16.6 Å². The van der Waals surface area contributed by atoms with Crippen molar-refractivity contribution in [2.75, 3.05) is 5.32 Å². The quantitative estimate of drug-likeness (QED) is 0.468. The second-order valence-corrected chi connectivity index (χ2v) is 7.61. The molecule has 0 spiro atoms. The van der Waals surface area contributed by atoms with Crippen LogP contribution in [0.2, 0.25) is 0 Å². The zero-order valence-electron chi connectivity index (χ0n) is 15.9. The van der Waals surface area contributed by atoms with Gasteiger partial charge in [-0.15, -0.1) is 11.3 Å². The third kappa shape index (κ3) is 3.68. The normalized spacial score (nSPS) is 10.5. The summed E-state index contributed by atoms with van der Waals surface area (Å²) in [5.41, 5.74) is 2.91. The number of nitrogens with zero attached hydrogens (tertiary/aromatic N) is 2. The fraction of sp³-hybridized carbons (Fsp3) is 0.0870. The molecule has 0 aliphatic heterocycles. The molecule has 4 aromatic rings. The molecule has 29 heavy (non-hydrogen) atoms. The Hall–Kier alpha value is -3.69. The SMILES string of the molecule is Cc1cc(Oc2ncccc2C#N)ccc1NC(=O)c1sc2ccccc2c1C. The van der Waals surface area contributed by atoms with Crippen molar-refractivity contribution in [1.29, 1.82) is 5.26 Å². The molecule has 1 amide bonds. The van der Waals surface area contributed by atoms with Gasteiger partial charge in [-0.25, -0.2) is 4.98 Å². The molecular weight excluding hydrogens is 382 g/mol. The Morgan fingerprint density at radius 1 is 1.14 bits per heavy atom. The van der Waals surface area contributed by atoms with Gasteiger partial charge in [0.2, 0.25) is 5.88 Å².